The van der Waals surface area contributed by atoms with Gasteiger partial charge in [0.1, 0.15) is 0 Å². The van der Waals surface area contributed by atoms with Crippen LogP contribution in [0.2, 0.25) is 0 Å². The zero-order chi connectivity index (χ0) is 17.0. The summed E-state index contributed by atoms with van der Waals surface area (Å²) in [5.41, 5.74) is 0. The van der Waals surface area contributed by atoms with Crippen LogP contribution in [0.1, 0.15) is 13.3 Å². The van der Waals surface area contributed by atoms with Gasteiger partial charge in [-0.3, -0.25) is 0 Å². The summed E-state index contributed by atoms with van der Waals surface area (Å²) in [5, 5.41) is 2.73. The van der Waals surface area contributed by atoms with E-state index in [1.54, 1.807) is 0 Å². The number of nitrogens with zero attached hydrogens (tertiary/aromatic N) is 2. The fourth-order valence-corrected chi connectivity index (χ4v) is 3.70. The number of urea groups is 1. The molecule has 0 bridgehead atoms. The zero-order valence-electron chi connectivity index (χ0n) is 12.8. The molecule has 1 saturated heterocycles. The third-order valence-electron chi connectivity index (χ3n) is 3.58. The lowest BCUT2D eigenvalue weighted by atomic mass is 10.3. The van der Waals surface area contributed by atoms with Gasteiger partial charge in [-0.05, 0) is 24.6 Å². The zero-order valence-corrected chi connectivity index (χ0v) is 13.6. The van der Waals surface area contributed by atoms with Gasteiger partial charge in [-0.15, -0.1) is 0 Å². The van der Waals surface area contributed by atoms with Crippen molar-refractivity contribution >= 4 is 16.1 Å². The Morgan fingerprint density at radius 3 is 2.39 bits per heavy atom. The predicted octanol–water partition coefficient (Wildman–Crippen LogP) is 1.39. The highest BCUT2D eigenvalue weighted by Crippen LogP contribution is 2.19. The van der Waals surface area contributed by atoms with Crippen molar-refractivity contribution in [1.29, 1.82) is 0 Å². The molecule has 0 spiro atoms. The van der Waals surface area contributed by atoms with Crippen molar-refractivity contribution in [1.82, 2.24) is 14.5 Å². The van der Waals surface area contributed by atoms with Crippen molar-refractivity contribution < 1.29 is 22.0 Å². The molecule has 1 fully saturated rings. The molecule has 128 valence electrons. The van der Waals surface area contributed by atoms with E-state index in [2.05, 4.69) is 5.32 Å². The van der Waals surface area contributed by atoms with Gasteiger partial charge in [-0.25, -0.2) is 22.0 Å². The summed E-state index contributed by atoms with van der Waals surface area (Å²) in [7, 11) is -3.90. The SMILES string of the molecule is CCCNC(=O)N1CCN(S(=O)(=O)c2ccc(F)c(F)c2)CC1. The van der Waals surface area contributed by atoms with Crippen molar-refractivity contribution in [3.63, 3.8) is 0 Å². The van der Waals surface area contributed by atoms with Crippen LogP contribution in [0.3, 0.4) is 0 Å². The molecule has 2 rings (SSSR count). The standard InChI is InChI=1S/C14H19F2N3O3S/c1-2-5-17-14(20)18-6-8-19(9-7-18)23(21,22)11-3-4-12(15)13(16)10-11/h3-4,10H,2,5-9H2,1H3,(H,17,20). The molecule has 2 amide bonds. The molecule has 0 radical (unpaired) electrons. The quantitative estimate of drug-likeness (QED) is 0.895. The van der Waals surface area contributed by atoms with Gasteiger partial charge in [0.2, 0.25) is 10.0 Å². The topological polar surface area (TPSA) is 69.7 Å². The molecular weight excluding hydrogens is 328 g/mol. The Morgan fingerprint density at radius 2 is 1.83 bits per heavy atom. The largest absolute Gasteiger partial charge is 0.338 e. The summed E-state index contributed by atoms with van der Waals surface area (Å²) in [4.78, 5) is 13.1. The predicted molar refractivity (Wildman–Crippen MR) is 80.4 cm³/mol. The average molecular weight is 347 g/mol. The van der Waals surface area contributed by atoms with E-state index in [0.29, 0.717) is 12.6 Å². The van der Waals surface area contributed by atoms with Crippen LogP contribution in [0.15, 0.2) is 23.1 Å². The van der Waals surface area contributed by atoms with E-state index in [0.717, 1.165) is 18.6 Å². The summed E-state index contributed by atoms with van der Waals surface area (Å²) >= 11 is 0. The molecule has 0 aromatic heterocycles. The highest BCUT2D eigenvalue weighted by Gasteiger charge is 2.30. The molecule has 1 aromatic carbocycles. The van der Waals surface area contributed by atoms with Gasteiger partial charge < -0.3 is 10.2 Å². The number of amides is 2. The Labute approximate surface area is 134 Å². The lowest BCUT2D eigenvalue weighted by molar-refractivity contribution is 0.172. The van der Waals surface area contributed by atoms with Gasteiger partial charge in [0.05, 0.1) is 4.90 Å². The minimum Gasteiger partial charge on any atom is -0.338 e. The van der Waals surface area contributed by atoms with E-state index < -0.39 is 21.7 Å². The number of carbonyl (C=O) groups excluding carboxylic acids is 1. The number of piperazine rings is 1. The maximum atomic E-state index is 13.2. The number of rotatable bonds is 4. The number of carbonyl (C=O) groups is 1. The molecule has 1 N–H and O–H groups in total. The first kappa shape index (κ1) is 17.6. The Morgan fingerprint density at radius 1 is 1.17 bits per heavy atom. The molecule has 1 aliphatic heterocycles. The minimum absolute atomic E-state index is 0.112. The molecule has 6 nitrogen and oxygen atoms in total. The number of nitrogens with one attached hydrogen (secondary N) is 1. The maximum Gasteiger partial charge on any atom is 0.317 e. The van der Waals surface area contributed by atoms with Crippen LogP contribution in [0, 0.1) is 11.6 Å². The van der Waals surface area contributed by atoms with E-state index in [9.17, 15) is 22.0 Å². The fraction of sp³-hybridized carbons (Fsp3) is 0.500. The third-order valence-corrected chi connectivity index (χ3v) is 5.48. The molecule has 23 heavy (non-hydrogen) atoms. The summed E-state index contributed by atoms with van der Waals surface area (Å²) in [6.07, 6.45) is 0.816. The average Bonchev–Trinajstić information content (AvgIpc) is 2.55. The summed E-state index contributed by atoms with van der Waals surface area (Å²) in [5.74, 6) is -2.30. The Balaban J connectivity index is 2.03. The first-order chi connectivity index (χ1) is 10.9. The van der Waals surface area contributed by atoms with E-state index in [4.69, 9.17) is 0 Å². The summed E-state index contributed by atoms with van der Waals surface area (Å²) in [6, 6.07) is 2.27. The smallest absolute Gasteiger partial charge is 0.317 e. The van der Waals surface area contributed by atoms with Crippen molar-refractivity contribution in [2.75, 3.05) is 32.7 Å². The van der Waals surface area contributed by atoms with E-state index in [-0.39, 0.29) is 37.1 Å². The molecular formula is C14H19F2N3O3S. The van der Waals surface area contributed by atoms with Crippen LogP contribution in [0.4, 0.5) is 13.6 Å². The number of benzene rings is 1. The van der Waals surface area contributed by atoms with Gasteiger partial charge >= 0.3 is 6.03 Å². The monoisotopic (exact) mass is 347 g/mol. The van der Waals surface area contributed by atoms with Gasteiger partial charge in [-0.1, -0.05) is 6.92 Å². The molecule has 0 saturated carbocycles. The van der Waals surface area contributed by atoms with Crippen molar-refractivity contribution in [2.45, 2.75) is 18.2 Å². The first-order valence-corrected chi connectivity index (χ1v) is 8.78. The van der Waals surface area contributed by atoms with E-state index in [1.807, 2.05) is 6.92 Å². The molecule has 1 aromatic rings. The van der Waals surface area contributed by atoms with E-state index in [1.165, 1.54) is 9.21 Å². The van der Waals surface area contributed by atoms with Crippen LogP contribution in [-0.4, -0.2) is 56.4 Å². The van der Waals surface area contributed by atoms with E-state index >= 15 is 0 Å². The molecule has 0 unspecified atom stereocenters. The third kappa shape index (κ3) is 3.97. The maximum absolute atomic E-state index is 13.2. The van der Waals surface area contributed by atoms with Crippen LogP contribution in [-0.2, 0) is 10.0 Å². The molecule has 9 heteroatoms. The Hall–Kier alpha value is -1.74. The van der Waals surface area contributed by atoms with Crippen molar-refractivity contribution in [3.8, 4) is 0 Å². The second-order valence-corrected chi connectivity index (χ2v) is 7.14. The lowest BCUT2D eigenvalue weighted by Gasteiger charge is -2.34. The molecule has 0 aliphatic carbocycles. The van der Waals surface area contributed by atoms with Gasteiger partial charge in [0, 0.05) is 32.7 Å². The summed E-state index contributed by atoms with van der Waals surface area (Å²) in [6.45, 7) is 3.22. The van der Waals surface area contributed by atoms with Crippen LogP contribution < -0.4 is 5.32 Å². The second kappa shape index (κ2) is 7.22. The molecule has 0 atom stereocenters. The lowest BCUT2D eigenvalue weighted by Crippen LogP contribution is -2.53. The molecule has 1 heterocycles. The highest BCUT2D eigenvalue weighted by molar-refractivity contribution is 7.89. The fourth-order valence-electron chi connectivity index (χ4n) is 2.26. The van der Waals surface area contributed by atoms with Crippen LogP contribution in [0.5, 0.6) is 0 Å². The Bertz CT molecular complexity index is 674. The van der Waals surface area contributed by atoms with Gasteiger partial charge in [-0.2, -0.15) is 4.31 Å². The normalized spacial score (nSPS) is 16.4. The van der Waals surface area contributed by atoms with Crippen molar-refractivity contribution in [2.24, 2.45) is 0 Å². The minimum atomic E-state index is -3.90. The number of hydrogen-bond acceptors (Lipinski definition) is 3. The summed E-state index contributed by atoms with van der Waals surface area (Å²) < 4.78 is 52.2. The van der Waals surface area contributed by atoms with Gasteiger partial charge in [0.15, 0.2) is 11.6 Å². The number of hydrogen-bond donors (Lipinski definition) is 1. The second-order valence-electron chi connectivity index (χ2n) is 5.20. The Kier molecular flexibility index (Phi) is 5.53. The number of halogens is 2. The first-order valence-electron chi connectivity index (χ1n) is 7.34. The van der Waals surface area contributed by atoms with Gasteiger partial charge in [0.25, 0.3) is 0 Å². The number of sulfonamides is 1. The molecule has 1 aliphatic rings. The van der Waals surface area contributed by atoms with Crippen molar-refractivity contribution in [3.05, 3.63) is 29.8 Å². The van der Waals surface area contributed by atoms with Crippen LogP contribution in [0.25, 0.3) is 0 Å². The van der Waals surface area contributed by atoms with Crippen LogP contribution >= 0.6 is 0 Å². The highest BCUT2D eigenvalue weighted by atomic mass is 32.2.